The molecule has 0 bridgehead atoms. The molecule has 0 aromatic heterocycles. The second-order valence-electron chi connectivity index (χ2n) is 6.68. The van der Waals surface area contributed by atoms with Gasteiger partial charge in [0, 0.05) is 18.6 Å². The van der Waals surface area contributed by atoms with E-state index in [1.807, 2.05) is 30.3 Å². The highest BCUT2D eigenvalue weighted by atomic mass is 16.5. The minimum atomic E-state index is -0.404. The summed E-state index contributed by atoms with van der Waals surface area (Å²) in [5, 5.41) is 15.3. The lowest BCUT2D eigenvalue weighted by atomic mass is 9.56. The third kappa shape index (κ3) is 2.96. The van der Waals surface area contributed by atoms with E-state index < -0.39 is 6.04 Å². The first-order valence-corrected chi connectivity index (χ1v) is 7.62. The predicted molar refractivity (Wildman–Crippen MR) is 85.5 cm³/mol. The predicted octanol–water partition coefficient (Wildman–Crippen LogP) is 2.22. The van der Waals surface area contributed by atoms with Crippen molar-refractivity contribution >= 4 is 6.03 Å². The van der Waals surface area contributed by atoms with Crippen LogP contribution in [0.3, 0.4) is 0 Å². The molecule has 1 aliphatic carbocycles. The quantitative estimate of drug-likeness (QED) is 0.781. The van der Waals surface area contributed by atoms with Crippen LogP contribution in [0.25, 0.3) is 0 Å². The molecule has 3 unspecified atom stereocenters. The molecule has 0 saturated heterocycles. The first-order valence-electron chi connectivity index (χ1n) is 7.62. The zero-order valence-corrected chi connectivity index (χ0v) is 13.7. The Balaban J connectivity index is 1.94. The Morgan fingerprint density at radius 1 is 1.36 bits per heavy atom. The average molecular weight is 306 g/mol. The van der Waals surface area contributed by atoms with Gasteiger partial charge >= 0.3 is 6.03 Å². The molecule has 3 N–H and O–H groups in total. The van der Waals surface area contributed by atoms with Gasteiger partial charge in [-0.15, -0.1) is 0 Å². The molecule has 1 fully saturated rings. The number of carbonyl (C=O) groups excluding carboxylic acids is 1. The summed E-state index contributed by atoms with van der Waals surface area (Å²) < 4.78 is 5.56. The molecule has 1 aromatic carbocycles. The molecule has 1 aromatic rings. The second kappa shape index (κ2) is 6.26. The third-order valence-corrected chi connectivity index (χ3v) is 5.27. The number of amides is 2. The summed E-state index contributed by atoms with van der Waals surface area (Å²) >= 11 is 0. The van der Waals surface area contributed by atoms with Gasteiger partial charge in [0.05, 0.1) is 18.2 Å². The number of hydrogen-bond donors (Lipinski definition) is 3. The monoisotopic (exact) mass is 306 g/mol. The number of carbonyl (C=O) groups is 1. The van der Waals surface area contributed by atoms with Crippen LogP contribution in [-0.2, 0) is 4.74 Å². The van der Waals surface area contributed by atoms with E-state index >= 15 is 0 Å². The summed E-state index contributed by atoms with van der Waals surface area (Å²) in [6.45, 7) is 6.10. The molecule has 3 atom stereocenters. The van der Waals surface area contributed by atoms with E-state index in [2.05, 4.69) is 31.4 Å². The van der Waals surface area contributed by atoms with Crippen molar-refractivity contribution in [3.63, 3.8) is 0 Å². The number of aliphatic hydroxyl groups excluding tert-OH is 1. The Kier molecular flexibility index (Phi) is 4.78. The summed E-state index contributed by atoms with van der Waals surface area (Å²) in [5.41, 5.74) is 0.524. The van der Waals surface area contributed by atoms with Crippen molar-refractivity contribution in [2.75, 3.05) is 13.7 Å². The summed E-state index contributed by atoms with van der Waals surface area (Å²) in [6.07, 6.45) is 0.777. The largest absolute Gasteiger partial charge is 0.394 e. The van der Waals surface area contributed by atoms with Gasteiger partial charge in [-0.1, -0.05) is 44.2 Å². The van der Waals surface area contributed by atoms with Crippen molar-refractivity contribution < 1.29 is 14.6 Å². The van der Waals surface area contributed by atoms with E-state index in [0.717, 1.165) is 12.0 Å². The number of nitrogens with one attached hydrogen (secondary N) is 2. The third-order valence-electron chi connectivity index (χ3n) is 5.27. The lowest BCUT2D eigenvalue weighted by Gasteiger charge is -2.59. The highest BCUT2D eigenvalue weighted by molar-refractivity contribution is 5.75. The second-order valence-corrected chi connectivity index (χ2v) is 6.68. The molecule has 5 nitrogen and oxygen atoms in total. The molecular weight excluding hydrogens is 280 g/mol. The van der Waals surface area contributed by atoms with Crippen molar-refractivity contribution in [3.05, 3.63) is 35.9 Å². The summed E-state index contributed by atoms with van der Waals surface area (Å²) in [7, 11) is 1.70. The van der Waals surface area contributed by atoms with Gasteiger partial charge in [0.1, 0.15) is 0 Å². The average Bonchev–Trinajstić information content (AvgIpc) is 2.52. The number of ether oxygens (including phenoxy) is 1. The fourth-order valence-corrected chi connectivity index (χ4v) is 3.00. The van der Waals surface area contributed by atoms with Gasteiger partial charge in [0.2, 0.25) is 0 Å². The molecule has 122 valence electrons. The van der Waals surface area contributed by atoms with Crippen LogP contribution in [0.5, 0.6) is 0 Å². The van der Waals surface area contributed by atoms with Crippen LogP contribution in [0.2, 0.25) is 0 Å². The smallest absolute Gasteiger partial charge is 0.315 e. The zero-order valence-electron chi connectivity index (χ0n) is 13.7. The van der Waals surface area contributed by atoms with Crippen LogP contribution < -0.4 is 10.6 Å². The zero-order chi connectivity index (χ0) is 16.4. The number of urea groups is 1. The highest BCUT2D eigenvalue weighted by Gasteiger charge is 2.58. The van der Waals surface area contributed by atoms with Crippen LogP contribution in [0.15, 0.2) is 30.3 Å². The highest BCUT2D eigenvalue weighted by Crippen LogP contribution is 2.51. The van der Waals surface area contributed by atoms with E-state index in [4.69, 9.17) is 4.74 Å². The van der Waals surface area contributed by atoms with Crippen LogP contribution in [0.1, 0.15) is 38.8 Å². The lowest BCUT2D eigenvalue weighted by molar-refractivity contribution is -0.177. The molecule has 0 radical (unpaired) electrons. The number of rotatable bonds is 5. The first-order chi connectivity index (χ1) is 10.3. The minimum absolute atomic E-state index is 0.0487. The molecule has 0 spiro atoms. The SMILES string of the molecule is COC1(C)CC(NC(=O)NC(CO)c2ccccc2)C1(C)C. The summed E-state index contributed by atoms with van der Waals surface area (Å²) in [6, 6.07) is 8.82. The number of aliphatic hydroxyl groups is 1. The minimum Gasteiger partial charge on any atom is -0.394 e. The van der Waals surface area contributed by atoms with Gasteiger partial charge in [-0.05, 0) is 18.9 Å². The van der Waals surface area contributed by atoms with Crippen molar-refractivity contribution in [1.82, 2.24) is 10.6 Å². The molecule has 5 heteroatoms. The number of benzene rings is 1. The van der Waals surface area contributed by atoms with Crippen molar-refractivity contribution in [2.45, 2.75) is 44.9 Å². The van der Waals surface area contributed by atoms with Gasteiger partial charge in [-0.25, -0.2) is 4.79 Å². The molecule has 1 aliphatic rings. The van der Waals surface area contributed by atoms with Crippen molar-refractivity contribution in [2.24, 2.45) is 5.41 Å². The topological polar surface area (TPSA) is 70.6 Å². The van der Waals surface area contributed by atoms with Crippen LogP contribution in [-0.4, -0.2) is 36.5 Å². The van der Waals surface area contributed by atoms with Crippen molar-refractivity contribution in [1.29, 1.82) is 0 Å². The summed E-state index contributed by atoms with van der Waals surface area (Å²) in [4.78, 5) is 12.2. The molecule has 0 aliphatic heterocycles. The maximum absolute atomic E-state index is 12.2. The normalized spacial score (nSPS) is 27.6. The molecule has 2 rings (SSSR count). The van der Waals surface area contributed by atoms with Gasteiger partial charge in [-0.2, -0.15) is 0 Å². The Labute approximate surface area is 132 Å². The first kappa shape index (κ1) is 16.8. The molecule has 1 saturated carbocycles. The lowest BCUT2D eigenvalue weighted by Crippen LogP contribution is -2.69. The van der Waals surface area contributed by atoms with Crippen LogP contribution in [0.4, 0.5) is 4.79 Å². The Bertz CT molecular complexity index is 518. The van der Waals surface area contributed by atoms with Gasteiger partial charge in [0.15, 0.2) is 0 Å². The van der Waals surface area contributed by atoms with Gasteiger partial charge < -0.3 is 20.5 Å². The maximum atomic E-state index is 12.2. The Hall–Kier alpha value is -1.59. The maximum Gasteiger partial charge on any atom is 0.315 e. The van der Waals surface area contributed by atoms with E-state index in [0.29, 0.717) is 0 Å². The molecule has 0 heterocycles. The van der Waals surface area contributed by atoms with Gasteiger partial charge in [-0.3, -0.25) is 0 Å². The fraction of sp³-hybridized carbons (Fsp3) is 0.588. The summed E-state index contributed by atoms with van der Waals surface area (Å²) in [5.74, 6) is 0. The van der Waals surface area contributed by atoms with Crippen LogP contribution in [0, 0.1) is 5.41 Å². The standard InChI is InChI=1S/C17H26N2O3/c1-16(2)14(10-17(16,3)22-4)19-15(21)18-13(11-20)12-8-6-5-7-9-12/h5-9,13-14,20H,10-11H2,1-4H3,(H2,18,19,21). The Morgan fingerprint density at radius 2 is 2.00 bits per heavy atom. The van der Waals surface area contributed by atoms with E-state index in [1.54, 1.807) is 7.11 Å². The van der Waals surface area contributed by atoms with Crippen molar-refractivity contribution in [3.8, 4) is 0 Å². The number of hydrogen-bond acceptors (Lipinski definition) is 3. The van der Waals surface area contributed by atoms with E-state index in [1.165, 1.54) is 0 Å². The van der Waals surface area contributed by atoms with E-state index in [-0.39, 0.29) is 29.7 Å². The molecule has 2 amide bonds. The van der Waals surface area contributed by atoms with Gasteiger partial charge in [0.25, 0.3) is 0 Å². The van der Waals surface area contributed by atoms with Crippen LogP contribution >= 0.6 is 0 Å². The van der Waals surface area contributed by atoms with E-state index in [9.17, 15) is 9.90 Å². The fourth-order valence-electron chi connectivity index (χ4n) is 3.00. The molecular formula is C17H26N2O3. The Morgan fingerprint density at radius 3 is 2.50 bits per heavy atom. The number of methoxy groups -OCH3 is 1. The molecule has 22 heavy (non-hydrogen) atoms.